The maximum Gasteiger partial charge on any atom is 0.224 e. The first-order valence-electron chi connectivity index (χ1n) is 9.57. The highest BCUT2D eigenvalue weighted by atomic mass is 16.5. The third-order valence-corrected chi connectivity index (χ3v) is 5.27. The van der Waals surface area contributed by atoms with Crippen molar-refractivity contribution in [2.24, 2.45) is 11.8 Å². The van der Waals surface area contributed by atoms with Gasteiger partial charge in [0.2, 0.25) is 5.91 Å². The SMILES string of the molecule is CCOc1cc(CN2C[C@@H]3CNC(=O)[C@@H]3C2)ccc1OCCn1ccnc1. The van der Waals surface area contributed by atoms with Crippen molar-refractivity contribution in [3.8, 4) is 11.5 Å². The summed E-state index contributed by atoms with van der Waals surface area (Å²) in [4.78, 5) is 18.2. The zero-order valence-corrected chi connectivity index (χ0v) is 15.6. The van der Waals surface area contributed by atoms with Crippen LogP contribution in [0, 0.1) is 11.8 Å². The molecule has 0 spiro atoms. The Morgan fingerprint density at radius 2 is 2.19 bits per heavy atom. The smallest absolute Gasteiger partial charge is 0.224 e. The normalized spacial score (nSPS) is 21.9. The van der Waals surface area contributed by atoms with Gasteiger partial charge in [-0.1, -0.05) is 6.07 Å². The number of nitrogens with one attached hydrogen (secondary N) is 1. The molecule has 2 aromatic rings. The number of fused-ring (bicyclic) bond motifs is 1. The Morgan fingerprint density at radius 3 is 2.96 bits per heavy atom. The van der Waals surface area contributed by atoms with E-state index in [1.165, 1.54) is 5.56 Å². The van der Waals surface area contributed by atoms with Crippen molar-refractivity contribution >= 4 is 5.91 Å². The molecule has 7 nitrogen and oxygen atoms in total. The lowest BCUT2D eigenvalue weighted by Crippen LogP contribution is -2.28. The molecule has 0 bridgehead atoms. The number of hydrogen-bond acceptors (Lipinski definition) is 5. The van der Waals surface area contributed by atoms with Crippen LogP contribution in [0.15, 0.2) is 36.9 Å². The van der Waals surface area contributed by atoms with E-state index in [4.69, 9.17) is 9.47 Å². The van der Waals surface area contributed by atoms with Gasteiger partial charge < -0.3 is 19.4 Å². The number of hydrogen-bond donors (Lipinski definition) is 1. The van der Waals surface area contributed by atoms with Crippen LogP contribution in [0.25, 0.3) is 0 Å². The predicted molar refractivity (Wildman–Crippen MR) is 101 cm³/mol. The van der Waals surface area contributed by atoms with E-state index in [0.717, 1.165) is 44.2 Å². The summed E-state index contributed by atoms with van der Waals surface area (Å²) in [5.41, 5.74) is 1.18. The second kappa shape index (κ2) is 8.00. The summed E-state index contributed by atoms with van der Waals surface area (Å²) in [6.45, 7) is 7.31. The van der Waals surface area contributed by atoms with E-state index in [9.17, 15) is 4.79 Å². The molecule has 1 amide bonds. The molecule has 0 unspecified atom stereocenters. The van der Waals surface area contributed by atoms with Gasteiger partial charge in [-0.15, -0.1) is 0 Å². The van der Waals surface area contributed by atoms with E-state index in [0.29, 0.717) is 19.1 Å². The number of likely N-dealkylation sites (tertiary alicyclic amines) is 1. The molecule has 2 aliphatic heterocycles. The molecular formula is C20H26N4O3. The van der Waals surface area contributed by atoms with Crippen LogP contribution in [0.4, 0.5) is 0 Å². The highest BCUT2D eigenvalue weighted by molar-refractivity contribution is 5.81. The minimum atomic E-state index is 0.155. The maximum atomic E-state index is 11.8. The maximum absolute atomic E-state index is 11.8. The Morgan fingerprint density at radius 1 is 1.26 bits per heavy atom. The van der Waals surface area contributed by atoms with E-state index in [1.807, 2.05) is 23.8 Å². The molecule has 0 saturated carbocycles. The van der Waals surface area contributed by atoms with Gasteiger partial charge in [-0.05, 0) is 24.6 Å². The number of carbonyl (C=O) groups excluding carboxylic acids is 1. The van der Waals surface area contributed by atoms with Gasteiger partial charge >= 0.3 is 0 Å². The third kappa shape index (κ3) is 4.08. The first-order valence-corrected chi connectivity index (χ1v) is 9.57. The van der Waals surface area contributed by atoms with Crippen molar-refractivity contribution in [3.63, 3.8) is 0 Å². The molecule has 2 atom stereocenters. The molecule has 2 fully saturated rings. The van der Waals surface area contributed by atoms with Crippen LogP contribution >= 0.6 is 0 Å². The number of nitrogens with zero attached hydrogens (tertiary/aromatic N) is 3. The number of carbonyl (C=O) groups is 1. The van der Waals surface area contributed by atoms with Crippen molar-refractivity contribution in [2.45, 2.75) is 20.0 Å². The van der Waals surface area contributed by atoms with Gasteiger partial charge in [-0.3, -0.25) is 9.69 Å². The molecule has 1 aromatic carbocycles. The van der Waals surface area contributed by atoms with Crippen molar-refractivity contribution in [1.29, 1.82) is 0 Å². The summed E-state index contributed by atoms with van der Waals surface area (Å²) in [7, 11) is 0. The minimum Gasteiger partial charge on any atom is -0.490 e. The molecular weight excluding hydrogens is 344 g/mol. The van der Waals surface area contributed by atoms with Crippen LogP contribution in [-0.4, -0.2) is 53.2 Å². The fraction of sp³-hybridized carbons (Fsp3) is 0.500. The van der Waals surface area contributed by atoms with Gasteiger partial charge in [0, 0.05) is 44.5 Å². The molecule has 27 heavy (non-hydrogen) atoms. The van der Waals surface area contributed by atoms with Gasteiger partial charge in [0.15, 0.2) is 11.5 Å². The summed E-state index contributed by atoms with van der Waals surface area (Å²) >= 11 is 0. The standard InChI is InChI=1S/C20H26N4O3/c1-2-26-19-9-15(11-24-12-16-10-22-20(25)17(16)13-24)3-4-18(19)27-8-7-23-6-5-21-14-23/h3-6,9,14,16-17H,2,7-8,10-13H2,1H3,(H,22,25)/t16-,17+/m0/s1. The fourth-order valence-corrected chi connectivity index (χ4v) is 3.93. The van der Waals surface area contributed by atoms with Crippen molar-refractivity contribution in [1.82, 2.24) is 19.8 Å². The molecule has 7 heteroatoms. The zero-order valence-electron chi connectivity index (χ0n) is 15.6. The quantitative estimate of drug-likeness (QED) is 0.763. The van der Waals surface area contributed by atoms with E-state index in [1.54, 1.807) is 12.5 Å². The largest absolute Gasteiger partial charge is 0.490 e. The average molecular weight is 370 g/mol. The predicted octanol–water partition coefficient (Wildman–Crippen LogP) is 1.54. The molecule has 0 aliphatic carbocycles. The van der Waals surface area contributed by atoms with Gasteiger partial charge in [0.1, 0.15) is 6.61 Å². The van der Waals surface area contributed by atoms with Gasteiger partial charge in [0.05, 0.1) is 25.4 Å². The minimum absolute atomic E-state index is 0.155. The highest BCUT2D eigenvalue weighted by Crippen LogP contribution is 2.32. The highest BCUT2D eigenvalue weighted by Gasteiger charge is 2.41. The van der Waals surface area contributed by atoms with Crippen molar-refractivity contribution in [3.05, 3.63) is 42.5 Å². The summed E-state index contributed by atoms with van der Waals surface area (Å²) in [6, 6.07) is 6.13. The van der Waals surface area contributed by atoms with Crippen molar-refractivity contribution < 1.29 is 14.3 Å². The van der Waals surface area contributed by atoms with Gasteiger partial charge in [0.25, 0.3) is 0 Å². The Hall–Kier alpha value is -2.54. The summed E-state index contributed by atoms with van der Waals surface area (Å²) in [5, 5.41) is 2.96. The monoisotopic (exact) mass is 370 g/mol. The number of benzene rings is 1. The molecule has 144 valence electrons. The number of rotatable bonds is 8. The van der Waals surface area contributed by atoms with Crippen LogP contribution in [0.5, 0.6) is 11.5 Å². The van der Waals surface area contributed by atoms with Crippen LogP contribution in [0.1, 0.15) is 12.5 Å². The number of amides is 1. The number of ether oxygens (including phenoxy) is 2. The third-order valence-electron chi connectivity index (χ3n) is 5.27. The van der Waals surface area contributed by atoms with Crippen molar-refractivity contribution in [2.75, 3.05) is 32.8 Å². The van der Waals surface area contributed by atoms with Crippen LogP contribution in [-0.2, 0) is 17.9 Å². The lowest BCUT2D eigenvalue weighted by Gasteiger charge is -2.18. The second-order valence-corrected chi connectivity index (χ2v) is 7.17. The number of imidazole rings is 1. The molecule has 0 radical (unpaired) electrons. The van der Waals surface area contributed by atoms with Crippen LogP contribution < -0.4 is 14.8 Å². The van der Waals surface area contributed by atoms with E-state index in [-0.39, 0.29) is 11.8 Å². The topological polar surface area (TPSA) is 68.6 Å². The van der Waals surface area contributed by atoms with Gasteiger partial charge in [-0.2, -0.15) is 0 Å². The molecule has 2 saturated heterocycles. The lowest BCUT2D eigenvalue weighted by atomic mass is 10.0. The first kappa shape index (κ1) is 17.9. The van der Waals surface area contributed by atoms with Gasteiger partial charge in [-0.25, -0.2) is 4.98 Å². The zero-order chi connectivity index (χ0) is 18.6. The summed E-state index contributed by atoms with van der Waals surface area (Å²) < 4.78 is 13.7. The second-order valence-electron chi connectivity index (χ2n) is 7.17. The molecule has 2 aliphatic rings. The molecule has 4 rings (SSSR count). The van der Waals surface area contributed by atoms with E-state index in [2.05, 4.69) is 27.3 Å². The molecule has 3 heterocycles. The number of aromatic nitrogens is 2. The lowest BCUT2D eigenvalue weighted by molar-refractivity contribution is -0.122. The Kier molecular flexibility index (Phi) is 5.29. The Bertz CT molecular complexity index is 778. The Labute approximate surface area is 159 Å². The summed E-state index contributed by atoms with van der Waals surface area (Å²) in [6.07, 6.45) is 5.46. The van der Waals surface area contributed by atoms with Crippen LogP contribution in [0.3, 0.4) is 0 Å². The molecule has 1 aromatic heterocycles. The molecule has 1 N–H and O–H groups in total. The summed E-state index contributed by atoms with van der Waals surface area (Å²) in [5.74, 6) is 2.35. The fourth-order valence-electron chi connectivity index (χ4n) is 3.93. The Balaban J connectivity index is 1.37. The van der Waals surface area contributed by atoms with E-state index < -0.39 is 0 Å². The van der Waals surface area contributed by atoms with Crippen LogP contribution in [0.2, 0.25) is 0 Å². The first-order chi connectivity index (χ1) is 13.2. The van der Waals surface area contributed by atoms with E-state index >= 15 is 0 Å². The average Bonchev–Trinajstić information content (AvgIpc) is 3.37.